The van der Waals surface area contributed by atoms with Gasteiger partial charge >= 0.3 is 0 Å². The fraction of sp³-hybridized carbons (Fsp3) is 0.364. The molecule has 76 valence electrons. The standard InChI is InChI=1S/C11H13FO2/c1-7(3-4-13)9-5-8(2)11(12)10(14)6-9/h4-7,14H,3H2,1-2H3. The summed E-state index contributed by atoms with van der Waals surface area (Å²) in [5.74, 6) is -0.928. The van der Waals surface area contributed by atoms with E-state index in [0.29, 0.717) is 12.0 Å². The minimum Gasteiger partial charge on any atom is -0.505 e. The minimum absolute atomic E-state index is 0.0118. The number of rotatable bonds is 3. The second-order valence-corrected chi connectivity index (χ2v) is 3.47. The average Bonchev–Trinajstić information content (AvgIpc) is 2.13. The molecule has 0 aliphatic heterocycles. The molecule has 0 spiro atoms. The zero-order valence-corrected chi connectivity index (χ0v) is 8.25. The van der Waals surface area contributed by atoms with E-state index in [9.17, 15) is 14.3 Å². The molecule has 1 atom stereocenters. The SMILES string of the molecule is Cc1cc(C(C)CC=O)cc(O)c1F. The van der Waals surface area contributed by atoms with Gasteiger partial charge in [-0.3, -0.25) is 0 Å². The molecule has 14 heavy (non-hydrogen) atoms. The Kier molecular flexibility index (Phi) is 3.23. The van der Waals surface area contributed by atoms with Crippen LogP contribution in [0, 0.1) is 12.7 Å². The molecule has 0 heterocycles. The van der Waals surface area contributed by atoms with Crippen LogP contribution in [0.15, 0.2) is 12.1 Å². The van der Waals surface area contributed by atoms with Crippen LogP contribution in [0.25, 0.3) is 0 Å². The van der Waals surface area contributed by atoms with Gasteiger partial charge in [0.05, 0.1) is 0 Å². The molecule has 0 bridgehead atoms. The number of phenolic OH excluding ortho intramolecular Hbond substituents is 1. The zero-order chi connectivity index (χ0) is 10.7. The first-order chi connectivity index (χ1) is 6.56. The molecule has 1 rings (SSSR count). The van der Waals surface area contributed by atoms with Crippen molar-refractivity contribution >= 4 is 6.29 Å². The van der Waals surface area contributed by atoms with Crippen molar-refractivity contribution in [1.82, 2.24) is 0 Å². The van der Waals surface area contributed by atoms with E-state index in [1.54, 1.807) is 13.0 Å². The highest BCUT2D eigenvalue weighted by Gasteiger charge is 2.11. The van der Waals surface area contributed by atoms with Crippen molar-refractivity contribution < 1.29 is 14.3 Å². The van der Waals surface area contributed by atoms with Gasteiger partial charge in [0.25, 0.3) is 0 Å². The summed E-state index contributed by atoms with van der Waals surface area (Å²) in [6.07, 6.45) is 1.20. The molecule has 1 unspecified atom stereocenters. The van der Waals surface area contributed by atoms with E-state index in [2.05, 4.69) is 0 Å². The van der Waals surface area contributed by atoms with Gasteiger partial charge in [0.2, 0.25) is 0 Å². The van der Waals surface area contributed by atoms with E-state index < -0.39 is 5.82 Å². The van der Waals surface area contributed by atoms with Crippen molar-refractivity contribution in [3.05, 3.63) is 29.1 Å². The maximum absolute atomic E-state index is 13.0. The van der Waals surface area contributed by atoms with E-state index in [1.807, 2.05) is 6.92 Å². The van der Waals surface area contributed by atoms with Crippen LogP contribution >= 0.6 is 0 Å². The molecule has 1 aromatic rings. The topological polar surface area (TPSA) is 37.3 Å². The van der Waals surface area contributed by atoms with Crippen molar-refractivity contribution in [2.24, 2.45) is 0 Å². The molecular weight excluding hydrogens is 183 g/mol. The maximum atomic E-state index is 13.0. The van der Waals surface area contributed by atoms with Gasteiger partial charge in [0.1, 0.15) is 6.29 Å². The number of carbonyl (C=O) groups is 1. The highest BCUT2D eigenvalue weighted by Crippen LogP contribution is 2.26. The molecule has 1 aromatic carbocycles. The number of aldehydes is 1. The predicted octanol–water partition coefficient (Wildman–Crippen LogP) is 2.53. The summed E-state index contributed by atoms with van der Waals surface area (Å²) >= 11 is 0. The molecule has 2 nitrogen and oxygen atoms in total. The summed E-state index contributed by atoms with van der Waals surface area (Å²) in [5, 5.41) is 9.23. The number of halogens is 1. The van der Waals surface area contributed by atoms with Gasteiger partial charge in [-0.15, -0.1) is 0 Å². The van der Waals surface area contributed by atoms with E-state index in [0.717, 1.165) is 11.8 Å². The van der Waals surface area contributed by atoms with Gasteiger partial charge in [-0.2, -0.15) is 0 Å². The van der Waals surface area contributed by atoms with Gasteiger partial charge in [0.15, 0.2) is 11.6 Å². The van der Waals surface area contributed by atoms with Crippen molar-refractivity contribution in [2.45, 2.75) is 26.2 Å². The Morgan fingerprint density at radius 1 is 1.57 bits per heavy atom. The smallest absolute Gasteiger partial charge is 0.167 e. The Bertz CT molecular complexity index is 324. The molecule has 0 fully saturated rings. The van der Waals surface area contributed by atoms with Crippen molar-refractivity contribution in [1.29, 1.82) is 0 Å². The quantitative estimate of drug-likeness (QED) is 0.754. The predicted molar refractivity (Wildman–Crippen MR) is 51.9 cm³/mol. The Hall–Kier alpha value is -1.38. The third-order valence-electron chi connectivity index (χ3n) is 2.28. The fourth-order valence-corrected chi connectivity index (χ4v) is 1.34. The van der Waals surface area contributed by atoms with Crippen LogP contribution in [0.3, 0.4) is 0 Å². The van der Waals surface area contributed by atoms with Gasteiger partial charge < -0.3 is 9.90 Å². The first kappa shape index (κ1) is 10.7. The molecule has 1 N–H and O–H groups in total. The highest BCUT2D eigenvalue weighted by atomic mass is 19.1. The van der Waals surface area contributed by atoms with Crippen LogP contribution in [0.2, 0.25) is 0 Å². The van der Waals surface area contributed by atoms with Crippen LogP contribution < -0.4 is 0 Å². The molecule has 0 amide bonds. The number of benzene rings is 1. The van der Waals surface area contributed by atoms with Crippen molar-refractivity contribution in [2.75, 3.05) is 0 Å². The molecule has 0 saturated heterocycles. The van der Waals surface area contributed by atoms with E-state index in [1.165, 1.54) is 6.07 Å². The fourth-order valence-electron chi connectivity index (χ4n) is 1.34. The second-order valence-electron chi connectivity index (χ2n) is 3.47. The minimum atomic E-state index is -0.591. The summed E-state index contributed by atoms with van der Waals surface area (Å²) in [7, 11) is 0. The van der Waals surface area contributed by atoms with Gasteiger partial charge in [-0.1, -0.05) is 13.0 Å². The number of phenols is 1. The third-order valence-corrected chi connectivity index (χ3v) is 2.28. The number of aryl methyl sites for hydroxylation is 1. The molecular formula is C11H13FO2. The molecule has 0 radical (unpaired) electrons. The molecule has 0 aliphatic rings. The average molecular weight is 196 g/mol. The van der Waals surface area contributed by atoms with E-state index in [4.69, 9.17) is 0 Å². The number of hydrogen-bond acceptors (Lipinski definition) is 2. The maximum Gasteiger partial charge on any atom is 0.167 e. The summed E-state index contributed by atoms with van der Waals surface area (Å²) in [4.78, 5) is 10.3. The Balaban J connectivity index is 3.05. The highest BCUT2D eigenvalue weighted by molar-refractivity contribution is 5.52. The summed E-state index contributed by atoms with van der Waals surface area (Å²) < 4.78 is 13.0. The molecule has 0 aliphatic carbocycles. The van der Waals surface area contributed by atoms with Crippen molar-refractivity contribution in [3.8, 4) is 5.75 Å². The number of carbonyl (C=O) groups excluding carboxylic acids is 1. The zero-order valence-electron chi connectivity index (χ0n) is 8.25. The Morgan fingerprint density at radius 2 is 2.21 bits per heavy atom. The van der Waals surface area contributed by atoms with Crippen LogP contribution in [-0.4, -0.2) is 11.4 Å². The first-order valence-electron chi connectivity index (χ1n) is 4.49. The largest absolute Gasteiger partial charge is 0.505 e. The van der Waals surface area contributed by atoms with Crippen LogP contribution in [0.5, 0.6) is 5.75 Å². The summed E-state index contributed by atoms with van der Waals surface area (Å²) in [6, 6.07) is 3.03. The molecule has 0 saturated carbocycles. The summed E-state index contributed by atoms with van der Waals surface area (Å²) in [5.41, 5.74) is 1.19. The monoisotopic (exact) mass is 196 g/mol. The summed E-state index contributed by atoms with van der Waals surface area (Å²) in [6.45, 7) is 3.45. The number of aromatic hydroxyl groups is 1. The Morgan fingerprint density at radius 3 is 2.71 bits per heavy atom. The lowest BCUT2D eigenvalue weighted by Crippen LogP contribution is -1.96. The second kappa shape index (κ2) is 4.22. The van der Waals surface area contributed by atoms with Crippen LogP contribution in [0.1, 0.15) is 30.4 Å². The van der Waals surface area contributed by atoms with Gasteiger partial charge in [-0.25, -0.2) is 4.39 Å². The van der Waals surface area contributed by atoms with Crippen LogP contribution in [-0.2, 0) is 4.79 Å². The molecule has 0 aromatic heterocycles. The van der Waals surface area contributed by atoms with Gasteiger partial charge in [-0.05, 0) is 30.0 Å². The van der Waals surface area contributed by atoms with Gasteiger partial charge in [0, 0.05) is 6.42 Å². The normalized spacial score (nSPS) is 12.5. The number of hydrogen-bond donors (Lipinski definition) is 1. The van der Waals surface area contributed by atoms with E-state index >= 15 is 0 Å². The lowest BCUT2D eigenvalue weighted by atomic mass is 9.96. The van der Waals surface area contributed by atoms with Crippen molar-refractivity contribution in [3.63, 3.8) is 0 Å². The van der Waals surface area contributed by atoms with E-state index in [-0.39, 0.29) is 11.7 Å². The molecule has 3 heteroatoms. The lowest BCUT2D eigenvalue weighted by Gasteiger charge is -2.10. The lowest BCUT2D eigenvalue weighted by molar-refractivity contribution is -0.108. The van der Waals surface area contributed by atoms with Crippen LogP contribution in [0.4, 0.5) is 4.39 Å². The third kappa shape index (κ3) is 2.10. The first-order valence-corrected chi connectivity index (χ1v) is 4.49. The Labute approximate surface area is 82.4 Å².